The minimum atomic E-state index is -0.356. The minimum absolute atomic E-state index is 0.143. The Bertz CT molecular complexity index is 1400. The average molecular weight is 486 g/mol. The number of hydrogen-bond acceptors (Lipinski definition) is 5. The molecule has 0 amide bonds. The van der Waals surface area contributed by atoms with Gasteiger partial charge in [0.05, 0.1) is 23.9 Å². The number of nitrogens with zero attached hydrogens (tertiary/aromatic N) is 1. The number of allylic oxidation sites excluding steroid dienone is 1. The first kappa shape index (κ1) is 22.9. The van der Waals surface area contributed by atoms with E-state index in [1.807, 2.05) is 72.8 Å². The predicted molar refractivity (Wildman–Crippen MR) is 138 cm³/mol. The van der Waals surface area contributed by atoms with E-state index in [1.165, 1.54) is 0 Å². The third-order valence-electron chi connectivity index (χ3n) is 6.00. The lowest BCUT2D eigenvalue weighted by Crippen LogP contribution is -2.15. The second-order valence-corrected chi connectivity index (χ2v) is 8.65. The zero-order chi connectivity index (χ0) is 24.2. The predicted octanol–water partition coefficient (Wildman–Crippen LogP) is 6.62. The summed E-state index contributed by atoms with van der Waals surface area (Å²) >= 11 is 6.03. The van der Waals surface area contributed by atoms with Crippen LogP contribution >= 0.6 is 11.6 Å². The largest absolute Gasteiger partial charge is 0.497 e. The number of carbonyl (C=O) groups is 1. The number of esters is 1. The Morgan fingerprint density at radius 1 is 0.943 bits per heavy atom. The van der Waals surface area contributed by atoms with E-state index in [0.29, 0.717) is 16.3 Å². The van der Waals surface area contributed by atoms with Crippen molar-refractivity contribution >= 4 is 40.1 Å². The van der Waals surface area contributed by atoms with E-state index in [9.17, 15) is 4.79 Å². The number of pyridine rings is 1. The molecule has 0 saturated carbocycles. The Labute approximate surface area is 208 Å². The van der Waals surface area contributed by atoms with Gasteiger partial charge in [-0.05, 0) is 78.1 Å². The molecule has 35 heavy (non-hydrogen) atoms. The topological polar surface area (TPSA) is 57.7 Å². The van der Waals surface area contributed by atoms with Crippen LogP contribution < -0.4 is 9.47 Å². The number of para-hydroxylation sites is 1. The second kappa shape index (κ2) is 10.2. The number of fused-ring (bicyclic) bond motifs is 2. The van der Waals surface area contributed by atoms with E-state index in [0.717, 1.165) is 51.9 Å². The third-order valence-corrected chi connectivity index (χ3v) is 6.25. The van der Waals surface area contributed by atoms with Gasteiger partial charge in [0.25, 0.3) is 0 Å². The molecule has 5 nitrogen and oxygen atoms in total. The summed E-state index contributed by atoms with van der Waals surface area (Å²) in [5, 5.41) is 1.50. The lowest BCUT2D eigenvalue weighted by molar-refractivity contribution is 0.0451. The first-order chi connectivity index (χ1) is 17.1. The summed E-state index contributed by atoms with van der Waals surface area (Å²) in [7, 11) is 1.62. The van der Waals surface area contributed by atoms with Crippen LogP contribution in [0.2, 0.25) is 5.02 Å². The van der Waals surface area contributed by atoms with Crippen LogP contribution in [-0.2, 0) is 11.2 Å². The van der Waals surface area contributed by atoms with Crippen molar-refractivity contribution < 1.29 is 19.0 Å². The SMILES string of the molecule is COc1ccc(OCCOC(=O)c2c3c(nc4ccccc24)C(=Cc2ccc(Cl)cc2)CC3)cc1. The van der Waals surface area contributed by atoms with Crippen LogP contribution in [0.1, 0.15) is 33.6 Å². The number of carbonyl (C=O) groups excluding carboxylic acids is 1. The lowest BCUT2D eigenvalue weighted by Gasteiger charge is -2.13. The van der Waals surface area contributed by atoms with Crippen LogP contribution in [0.5, 0.6) is 11.5 Å². The Hall–Kier alpha value is -3.83. The molecular formula is C29H24ClNO4. The highest BCUT2D eigenvalue weighted by molar-refractivity contribution is 6.30. The van der Waals surface area contributed by atoms with E-state index in [1.54, 1.807) is 7.11 Å². The van der Waals surface area contributed by atoms with Gasteiger partial charge in [-0.15, -0.1) is 0 Å². The molecule has 0 fully saturated rings. The fourth-order valence-corrected chi connectivity index (χ4v) is 4.44. The molecule has 0 unspecified atom stereocenters. The van der Waals surface area contributed by atoms with Gasteiger partial charge in [0.1, 0.15) is 24.7 Å². The Morgan fingerprint density at radius 2 is 1.69 bits per heavy atom. The number of rotatable bonds is 7. The van der Waals surface area contributed by atoms with E-state index in [4.69, 9.17) is 30.8 Å². The molecular weight excluding hydrogens is 462 g/mol. The van der Waals surface area contributed by atoms with E-state index >= 15 is 0 Å². The van der Waals surface area contributed by atoms with Gasteiger partial charge in [-0.3, -0.25) is 0 Å². The summed E-state index contributed by atoms with van der Waals surface area (Å²) in [5.74, 6) is 1.09. The van der Waals surface area contributed by atoms with Crippen LogP contribution in [0, 0.1) is 0 Å². The van der Waals surface area contributed by atoms with Crippen molar-refractivity contribution in [2.75, 3.05) is 20.3 Å². The van der Waals surface area contributed by atoms with Crippen molar-refractivity contribution in [3.63, 3.8) is 0 Å². The minimum Gasteiger partial charge on any atom is -0.497 e. The Balaban J connectivity index is 1.37. The number of ether oxygens (including phenoxy) is 3. The van der Waals surface area contributed by atoms with Crippen LogP contribution in [0.25, 0.3) is 22.6 Å². The Morgan fingerprint density at radius 3 is 2.46 bits per heavy atom. The zero-order valence-corrected chi connectivity index (χ0v) is 20.0. The molecule has 0 saturated heterocycles. The Kier molecular flexibility index (Phi) is 6.68. The normalized spacial score (nSPS) is 13.6. The standard InChI is InChI=1S/C29H24ClNO4/c1-33-22-11-13-23(14-12-22)34-16-17-35-29(32)27-24-4-2-3-5-26(24)31-28-20(8-15-25(27)28)18-19-6-9-21(30)10-7-19/h2-7,9-14,18H,8,15-17H2,1H3. The fraction of sp³-hybridized carbons (Fsp3) is 0.172. The molecule has 1 aromatic heterocycles. The van der Waals surface area contributed by atoms with E-state index in [2.05, 4.69) is 6.08 Å². The summed E-state index contributed by atoms with van der Waals surface area (Å²) in [5.41, 5.74) is 5.31. The van der Waals surface area contributed by atoms with Crippen molar-refractivity contribution in [3.05, 3.63) is 100 Å². The molecule has 0 radical (unpaired) electrons. The first-order valence-corrected chi connectivity index (χ1v) is 11.8. The number of benzene rings is 3. The highest BCUT2D eigenvalue weighted by atomic mass is 35.5. The number of methoxy groups -OCH3 is 1. The van der Waals surface area contributed by atoms with Crippen LogP contribution in [0.15, 0.2) is 72.8 Å². The molecule has 1 aliphatic rings. The molecule has 176 valence electrons. The molecule has 3 aromatic carbocycles. The van der Waals surface area contributed by atoms with Gasteiger partial charge in [0.15, 0.2) is 0 Å². The third kappa shape index (κ3) is 5.00. The summed E-state index contributed by atoms with van der Waals surface area (Å²) in [6, 6.07) is 22.7. The molecule has 0 bridgehead atoms. The summed E-state index contributed by atoms with van der Waals surface area (Å²) in [6.07, 6.45) is 3.66. The molecule has 6 heteroatoms. The number of aromatic nitrogens is 1. The summed E-state index contributed by atoms with van der Waals surface area (Å²) in [6.45, 7) is 0.398. The molecule has 0 atom stereocenters. The van der Waals surface area contributed by atoms with Gasteiger partial charge in [-0.1, -0.05) is 41.9 Å². The van der Waals surface area contributed by atoms with Gasteiger partial charge < -0.3 is 14.2 Å². The highest BCUT2D eigenvalue weighted by Gasteiger charge is 2.27. The summed E-state index contributed by atoms with van der Waals surface area (Å²) < 4.78 is 16.5. The van der Waals surface area contributed by atoms with E-state index in [-0.39, 0.29) is 19.2 Å². The van der Waals surface area contributed by atoms with Crippen LogP contribution in [-0.4, -0.2) is 31.3 Å². The van der Waals surface area contributed by atoms with Gasteiger partial charge in [-0.2, -0.15) is 0 Å². The molecule has 0 N–H and O–H groups in total. The summed E-state index contributed by atoms with van der Waals surface area (Å²) in [4.78, 5) is 18.2. The van der Waals surface area contributed by atoms with Gasteiger partial charge in [-0.25, -0.2) is 9.78 Å². The zero-order valence-electron chi connectivity index (χ0n) is 19.3. The van der Waals surface area contributed by atoms with Gasteiger partial charge >= 0.3 is 5.97 Å². The molecule has 0 spiro atoms. The lowest BCUT2D eigenvalue weighted by atomic mass is 10.0. The molecule has 0 aliphatic heterocycles. The first-order valence-electron chi connectivity index (χ1n) is 11.4. The van der Waals surface area contributed by atoms with Crippen molar-refractivity contribution in [1.29, 1.82) is 0 Å². The number of hydrogen-bond donors (Lipinski definition) is 0. The quantitative estimate of drug-likeness (QED) is 0.217. The van der Waals surface area contributed by atoms with Crippen molar-refractivity contribution in [1.82, 2.24) is 4.98 Å². The molecule has 1 aliphatic carbocycles. The molecule has 4 aromatic rings. The van der Waals surface area contributed by atoms with Crippen molar-refractivity contribution in [2.24, 2.45) is 0 Å². The maximum atomic E-state index is 13.3. The maximum absolute atomic E-state index is 13.3. The second-order valence-electron chi connectivity index (χ2n) is 8.21. The number of halogens is 1. The van der Waals surface area contributed by atoms with Crippen molar-refractivity contribution in [2.45, 2.75) is 12.8 Å². The van der Waals surface area contributed by atoms with Crippen LogP contribution in [0.4, 0.5) is 0 Å². The fourth-order valence-electron chi connectivity index (χ4n) is 4.31. The van der Waals surface area contributed by atoms with Gasteiger partial charge in [0.2, 0.25) is 0 Å². The monoisotopic (exact) mass is 485 g/mol. The van der Waals surface area contributed by atoms with Gasteiger partial charge in [0, 0.05) is 10.4 Å². The van der Waals surface area contributed by atoms with E-state index < -0.39 is 0 Å². The smallest absolute Gasteiger partial charge is 0.339 e. The highest BCUT2D eigenvalue weighted by Crippen LogP contribution is 2.38. The average Bonchev–Trinajstić information content (AvgIpc) is 3.28. The maximum Gasteiger partial charge on any atom is 0.339 e. The van der Waals surface area contributed by atoms with Crippen LogP contribution in [0.3, 0.4) is 0 Å². The molecule has 1 heterocycles. The molecule has 5 rings (SSSR count). The van der Waals surface area contributed by atoms with Crippen molar-refractivity contribution in [3.8, 4) is 11.5 Å².